The minimum Gasteiger partial charge on any atom is -0.497 e. The lowest BCUT2D eigenvalue weighted by Gasteiger charge is -2.22. The Bertz CT molecular complexity index is 998. The first-order valence-corrected chi connectivity index (χ1v) is 10.3. The van der Waals surface area contributed by atoms with E-state index >= 15 is 0 Å². The van der Waals surface area contributed by atoms with Gasteiger partial charge in [-0.15, -0.1) is 10.2 Å². The summed E-state index contributed by atoms with van der Waals surface area (Å²) in [7, 11) is 1.65. The van der Waals surface area contributed by atoms with E-state index in [0.29, 0.717) is 29.3 Å². The first-order valence-electron chi connectivity index (χ1n) is 9.29. The molecule has 1 fully saturated rings. The summed E-state index contributed by atoms with van der Waals surface area (Å²) >= 11 is 1.41. The molecule has 1 aliphatic rings. The van der Waals surface area contributed by atoms with Gasteiger partial charge >= 0.3 is 0 Å². The van der Waals surface area contributed by atoms with Crippen LogP contribution in [0.15, 0.2) is 35.5 Å². The smallest absolute Gasteiger partial charge is 0.256 e. The van der Waals surface area contributed by atoms with E-state index in [1.807, 2.05) is 53.5 Å². The standard InChI is InChI=1S/C20H23N5O2S/c1-13-10-14(2)25-19(21-13)22-23-20(25)28-12-18(26)24(16-6-7-16)11-15-4-8-17(27-3)9-5-15/h4-5,8-10,16H,6-7,11-12H2,1-3H3. The molecule has 1 aromatic carbocycles. The molecule has 1 saturated carbocycles. The Morgan fingerprint density at radius 2 is 2.00 bits per heavy atom. The van der Waals surface area contributed by atoms with Gasteiger partial charge in [0.25, 0.3) is 5.78 Å². The molecular weight excluding hydrogens is 374 g/mol. The third-order valence-electron chi connectivity index (χ3n) is 4.81. The molecule has 0 radical (unpaired) electrons. The molecule has 1 amide bonds. The van der Waals surface area contributed by atoms with Gasteiger partial charge < -0.3 is 9.64 Å². The molecule has 0 N–H and O–H groups in total. The Morgan fingerprint density at radius 3 is 2.68 bits per heavy atom. The highest BCUT2D eigenvalue weighted by Crippen LogP contribution is 2.30. The quantitative estimate of drug-likeness (QED) is 0.571. The third-order valence-corrected chi connectivity index (χ3v) is 5.72. The van der Waals surface area contributed by atoms with E-state index in [0.717, 1.165) is 35.5 Å². The van der Waals surface area contributed by atoms with Crippen LogP contribution in [0.4, 0.5) is 0 Å². The number of amides is 1. The van der Waals surface area contributed by atoms with Gasteiger partial charge in [0.15, 0.2) is 5.16 Å². The molecular formula is C20H23N5O2S. The number of benzene rings is 1. The average Bonchev–Trinajstić information content (AvgIpc) is 3.44. The highest BCUT2D eigenvalue weighted by molar-refractivity contribution is 7.99. The Kier molecular flexibility index (Phi) is 5.21. The number of methoxy groups -OCH3 is 1. The molecule has 0 atom stereocenters. The van der Waals surface area contributed by atoms with Crippen LogP contribution in [-0.4, -0.2) is 49.3 Å². The molecule has 28 heavy (non-hydrogen) atoms. The van der Waals surface area contributed by atoms with Gasteiger partial charge in [-0.25, -0.2) is 4.98 Å². The average molecular weight is 398 g/mol. The van der Waals surface area contributed by atoms with Crippen molar-refractivity contribution >= 4 is 23.4 Å². The normalized spacial score (nSPS) is 13.7. The largest absolute Gasteiger partial charge is 0.497 e. The van der Waals surface area contributed by atoms with E-state index in [1.165, 1.54) is 11.8 Å². The van der Waals surface area contributed by atoms with Crippen LogP contribution in [0.25, 0.3) is 5.78 Å². The molecule has 8 heteroatoms. The molecule has 2 heterocycles. The monoisotopic (exact) mass is 397 g/mol. The fourth-order valence-electron chi connectivity index (χ4n) is 3.24. The molecule has 0 spiro atoms. The summed E-state index contributed by atoms with van der Waals surface area (Å²) in [6.45, 7) is 4.55. The molecule has 2 aromatic heterocycles. The first kappa shape index (κ1) is 18.7. The molecule has 0 aliphatic heterocycles. The summed E-state index contributed by atoms with van der Waals surface area (Å²) in [4.78, 5) is 19.3. The Hall–Kier alpha value is -2.61. The van der Waals surface area contributed by atoms with E-state index in [4.69, 9.17) is 4.74 Å². The van der Waals surface area contributed by atoms with Crippen molar-refractivity contribution in [2.75, 3.05) is 12.9 Å². The summed E-state index contributed by atoms with van der Waals surface area (Å²) in [5.74, 6) is 1.85. The van der Waals surface area contributed by atoms with Crippen LogP contribution in [0.1, 0.15) is 29.8 Å². The van der Waals surface area contributed by atoms with Crippen LogP contribution in [0, 0.1) is 13.8 Å². The van der Waals surface area contributed by atoms with Crippen molar-refractivity contribution in [2.24, 2.45) is 0 Å². The Morgan fingerprint density at radius 1 is 1.25 bits per heavy atom. The fourth-order valence-corrected chi connectivity index (χ4v) is 4.11. The third kappa shape index (κ3) is 3.96. The van der Waals surface area contributed by atoms with Crippen molar-refractivity contribution < 1.29 is 9.53 Å². The second-order valence-electron chi connectivity index (χ2n) is 7.05. The van der Waals surface area contributed by atoms with E-state index in [1.54, 1.807) is 7.11 Å². The molecule has 146 valence electrons. The van der Waals surface area contributed by atoms with Crippen LogP contribution >= 0.6 is 11.8 Å². The number of nitrogens with zero attached hydrogens (tertiary/aromatic N) is 5. The van der Waals surface area contributed by atoms with Crippen LogP contribution in [-0.2, 0) is 11.3 Å². The first-order chi connectivity index (χ1) is 13.5. The SMILES string of the molecule is COc1ccc(CN(C(=O)CSc2nnc3nc(C)cc(C)n23)C2CC2)cc1. The number of hydrogen-bond acceptors (Lipinski definition) is 6. The van der Waals surface area contributed by atoms with Crippen LogP contribution in [0.5, 0.6) is 5.75 Å². The lowest BCUT2D eigenvalue weighted by atomic mass is 10.2. The second kappa shape index (κ2) is 7.79. The van der Waals surface area contributed by atoms with Gasteiger partial charge in [0, 0.05) is 24.0 Å². The zero-order chi connectivity index (χ0) is 19.7. The maximum Gasteiger partial charge on any atom is 0.256 e. The summed E-state index contributed by atoms with van der Waals surface area (Å²) in [5.41, 5.74) is 3.03. The fraction of sp³-hybridized carbons (Fsp3) is 0.400. The van der Waals surface area contributed by atoms with Gasteiger partial charge in [0.1, 0.15) is 5.75 Å². The van der Waals surface area contributed by atoms with Gasteiger partial charge in [-0.05, 0) is 50.5 Å². The van der Waals surface area contributed by atoms with Crippen LogP contribution < -0.4 is 4.74 Å². The minimum atomic E-state index is 0.123. The van der Waals surface area contributed by atoms with Gasteiger partial charge in [-0.3, -0.25) is 9.20 Å². The molecule has 0 saturated heterocycles. The minimum absolute atomic E-state index is 0.123. The van der Waals surface area contributed by atoms with Gasteiger partial charge in [0.2, 0.25) is 5.91 Å². The summed E-state index contributed by atoms with van der Waals surface area (Å²) < 4.78 is 7.11. The Labute approximate surface area is 168 Å². The molecule has 0 unspecified atom stereocenters. The van der Waals surface area contributed by atoms with E-state index < -0.39 is 0 Å². The number of thioether (sulfide) groups is 1. The second-order valence-corrected chi connectivity index (χ2v) is 7.99. The zero-order valence-electron chi connectivity index (χ0n) is 16.3. The van der Waals surface area contributed by atoms with Crippen molar-refractivity contribution in [3.63, 3.8) is 0 Å². The topological polar surface area (TPSA) is 72.6 Å². The predicted molar refractivity (Wildman–Crippen MR) is 108 cm³/mol. The summed E-state index contributed by atoms with van der Waals surface area (Å²) in [6.07, 6.45) is 2.14. The van der Waals surface area contributed by atoms with Crippen LogP contribution in [0.2, 0.25) is 0 Å². The van der Waals surface area contributed by atoms with Crippen molar-refractivity contribution in [3.8, 4) is 5.75 Å². The Balaban J connectivity index is 1.45. The molecule has 0 bridgehead atoms. The highest BCUT2D eigenvalue weighted by Gasteiger charge is 2.32. The van der Waals surface area contributed by atoms with Crippen molar-refractivity contribution in [2.45, 2.75) is 44.4 Å². The van der Waals surface area contributed by atoms with E-state index in [2.05, 4.69) is 15.2 Å². The molecule has 1 aliphatic carbocycles. The highest BCUT2D eigenvalue weighted by atomic mass is 32.2. The van der Waals surface area contributed by atoms with Crippen molar-refractivity contribution in [1.82, 2.24) is 24.5 Å². The van der Waals surface area contributed by atoms with E-state index in [-0.39, 0.29) is 5.91 Å². The molecule has 4 rings (SSSR count). The van der Waals surface area contributed by atoms with E-state index in [9.17, 15) is 4.79 Å². The number of aromatic nitrogens is 4. The number of carbonyl (C=O) groups excluding carboxylic acids is 1. The number of carbonyl (C=O) groups is 1. The predicted octanol–water partition coefficient (Wildman–Crippen LogP) is 3.03. The lowest BCUT2D eigenvalue weighted by Crippen LogP contribution is -2.34. The number of fused-ring (bicyclic) bond motifs is 1. The number of aryl methyl sites for hydroxylation is 2. The number of hydrogen-bond donors (Lipinski definition) is 0. The van der Waals surface area contributed by atoms with Gasteiger partial charge in [-0.2, -0.15) is 0 Å². The number of ether oxygens (including phenoxy) is 1. The lowest BCUT2D eigenvalue weighted by molar-refractivity contribution is -0.129. The summed E-state index contributed by atoms with van der Waals surface area (Å²) in [5, 5.41) is 9.06. The van der Waals surface area contributed by atoms with Crippen molar-refractivity contribution in [1.29, 1.82) is 0 Å². The van der Waals surface area contributed by atoms with Crippen LogP contribution in [0.3, 0.4) is 0 Å². The zero-order valence-corrected chi connectivity index (χ0v) is 17.1. The molecule has 7 nitrogen and oxygen atoms in total. The molecule has 3 aromatic rings. The number of rotatable bonds is 7. The summed E-state index contributed by atoms with van der Waals surface area (Å²) in [6, 6.07) is 10.2. The maximum atomic E-state index is 12.9. The van der Waals surface area contributed by atoms with Crippen molar-refractivity contribution in [3.05, 3.63) is 47.3 Å². The van der Waals surface area contributed by atoms with Gasteiger partial charge in [-0.1, -0.05) is 23.9 Å². The van der Waals surface area contributed by atoms with Gasteiger partial charge in [0.05, 0.1) is 12.9 Å². The maximum absolute atomic E-state index is 12.9.